The van der Waals surface area contributed by atoms with Crippen molar-refractivity contribution in [2.24, 2.45) is 5.73 Å². The zero-order chi connectivity index (χ0) is 25.4. The van der Waals surface area contributed by atoms with Crippen LogP contribution in [0, 0.1) is 0 Å². The average molecular weight is 477 g/mol. The Morgan fingerprint density at radius 3 is 2.29 bits per heavy atom. The second-order valence-corrected chi connectivity index (χ2v) is 8.99. The van der Waals surface area contributed by atoms with Crippen molar-refractivity contribution in [3.05, 3.63) is 83.9 Å². The first-order valence-corrected chi connectivity index (χ1v) is 11.5. The molecule has 0 aliphatic heterocycles. The summed E-state index contributed by atoms with van der Waals surface area (Å²) in [6.45, 7) is 3.12. The minimum atomic E-state index is -1.29. The number of fused-ring (bicyclic) bond motifs is 1. The number of hydrogen-bond acceptors (Lipinski definition) is 5. The van der Waals surface area contributed by atoms with E-state index in [1.165, 1.54) is 0 Å². The molecule has 0 spiro atoms. The van der Waals surface area contributed by atoms with Crippen molar-refractivity contribution in [2.75, 3.05) is 13.1 Å². The molecule has 0 bridgehead atoms. The van der Waals surface area contributed by atoms with E-state index in [1.54, 1.807) is 44.2 Å². The molecule has 1 unspecified atom stereocenters. The van der Waals surface area contributed by atoms with Gasteiger partial charge in [0.25, 0.3) is 5.91 Å². The maximum atomic E-state index is 13.2. The number of rotatable bonds is 10. The summed E-state index contributed by atoms with van der Waals surface area (Å²) in [5, 5.41) is 20.0. The number of nitrogens with two attached hydrogens (primary N) is 1. The molecule has 0 saturated heterocycles. The van der Waals surface area contributed by atoms with Gasteiger partial charge < -0.3 is 26.8 Å². The first kappa shape index (κ1) is 25.9. The van der Waals surface area contributed by atoms with E-state index in [1.807, 2.05) is 42.5 Å². The van der Waals surface area contributed by atoms with E-state index in [0.29, 0.717) is 5.56 Å². The molecule has 3 aromatic rings. The van der Waals surface area contributed by atoms with Crippen molar-refractivity contribution in [3.63, 3.8) is 0 Å². The number of aliphatic hydroxyl groups is 1. The highest BCUT2D eigenvalue weighted by Crippen LogP contribution is 2.17. The fourth-order valence-corrected chi connectivity index (χ4v) is 3.58. The number of carbonyl (C=O) groups excluding carboxylic acids is 3. The lowest BCUT2D eigenvalue weighted by Gasteiger charge is -2.28. The van der Waals surface area contributed by atoms with Crippen LogP contribution in [0.5, 0.6) is 0 Å². The molecule has 8 heteroatoms. The highest BCUT2D eigenvalue weighted by molar-refractivity contribution is 6.00. The van der Waals surface area contributed by atoms with Crippen molar-refractivity contribution in [1.29, 1.82) is 0 Å². The maximum Gasteiger partial charge on any atom is 0.252 e. The second kappa shape index (κ2) is 11.6. The summed E-state index contributed by atoms with van der Waals surface area (Å²) >= 11 is 0. The Balaban J connectivity index is 1.76. The van der Waals surface area contributed by atoms with Gasteiger partial charge in [0.2, 0.25) is 11.8 Å². The summed E-state index contributed by atoms with van der Waals surface area (Å²) in [7, 11) is 0. The molecule has 2 atom stereocenters. The van der Waals surface area contributed by atoms with E-state index in [-0.39, 0.29) is 19.5 Å². The topological polar surface area (TPSA) is 134 Å². The summed E-state index contributed by atoms with van der Waals surface area (Å²) in [6.07, 6.45) is -0.665. The Morgan fingerprint density at radius 2 is 1.60 bits per heavy atom. The van der Waals surface area contributed by atoms with Crippen LogP contribution in [-0.2, 0) is 16.0 Å². The zero-order valence-corrected chi connectivity index (χ0v) is 20.0. The molecule has 0 heterocycles. The standard InChI is InChI=1S/C27H32N4O4/c1-27(2,31-24(33)20-9-4-3-5-10-20)26(35)30-23(25(34)29-17-22(32)16-28)15-18-12-13-19-8-6-7-11-21(19)14-18/h3-14,22-23,32H,15-17,28H2,1-2H3,(H,29,34)(H,30,35)(H,31,33)/t22-,23?/m1/s1. The minimum Gasteiger partial charge on any atom is -0.390 e. The van der Waals surface area contributed by atoms with E-state index in [9.17, 15) is 19.5 Å². The monoisotopic (exact) mass is 476 g/mol. The third-order valence-corrected chi connectivity index (χ3v) is 5.69. The molecule has 0 aromatic heterocycles. The summed E-state index contributed by atoms with van der Waals surface area (Å²) in [6, 6.07) is 21.4. The molecule has 0 fully saturated rings. The van der Waals surface area contributed by atoms with E-state index in [4.69, 9.17) is 5.73 Å². The molecule has 3 aromatic carbocycles. The van der Waals surface area contributed by atoms with Gasteiger partial charge >= 0.3 is 0 Å². The highest BCUT2D eigenvalue weighted by Gasteiger charge is 2.33. The smallest absolute Gasteiger partial charge is 0.252 e. The summed E-state index contributed by atoms with van der Waals surface area (Å²) in [5.41, 5.74) is 5.43. The van der Waals surface area contributed by atoms with E-state index in [2.05, 4.69) is 16.0 Å². The van der Waals surface area contributed by atoms with Crippen molar-refractivity contribution in [1.82, 2.24) is 16.0 Å². The van der Waals surface area contributed by atoms with Gasteiger partial charge in [-0.05, 0) is 42.3 Å². The van der Waals surface area contributed by atoms with Crippen LogP contribution in [0.4, 0.5) is 0 Å². The second-order valence-electron chi connectivity index (χ2n) is 8.99. The maximum absolute atomic E-state index is 13.2. The van der Waals surface area contributed by atoms with Crippen LogP contribution >= 0.6 is 0 Å². The number of nitrogens with one attached hydrogen (secondary N) is 3. The summed E-state index contributed by atoms with van der Waals surface area (Å²) in [5.74, 6) is -1.36. The van der Waals surface area contributed by atoms with Gasteiger partial charge in [0.1, 0.15) is 11.6 Å². The lowest BCUT2D eigenvalue weighted by molar-refractivity contribution is -0.132. The predicted molar refractivity (Wildman–Crippen MR) is 136 cm³/mol. The molecule has 0 radical (unpaired) electrons. The number of amides is 3. The normalized spacial score (nSPS) is 13.0. The summed E-state index contributed by atoms with van der Waals surface area (Å²) < 4.78 is 0. The van der Waals surface area contributed by atoms with Gasteiger partial charge in [-0.3, -0.25) is 14.4 Å². The first-order valence-electron chi connectivity index (χ1n) is 11.5. The van der Waals surface area contributed by atoms with Gasteiger partial charge in [-0.25, -0.2) is 0 Å². The Kier molecular flexibility index (Phi) is 8.57. The van der Waals surface area contributed by atoms with Crippen LogP contribution in [0.15, 0.2) is 72.8 Å². The van der Waals surface area contributed by atoms with Crippen LogP contribution in [0.3, 0.4) is 0 Å². The SMILES string of the molecule is CC(C)(NC(=O)c1ccccc1)C(=O)NC(Cc1ccc2ccccc2c1)C(=O)NC[C@H](O)CN. The van der Waals surface area contributed by atoms with Gasteiger partial charge in [-0.2, -0.15) is 0 Å². The molecule has 0 aliphatic rings. The van der Waals surface area contributed by atoms with Crippen molar-refractivity contribution < 1.29 is 19.5 Å². The van der Waals surface area contributed by atoms with Crippen LogP contribution in [0.2, 0.25) is 0 Å². The Morgan fingerprint density at radius 1 is 0.943 bits per heavy atom. The largest absolute Gasteiger partial charge is 0.390 e. The molecule has 6 N–H and O–H groups in total. The number of carbonyl (C=O) groups is 3. The molecule has 0 aliphatic carbocycles. The molecular weight excluding hydrogens is 444 g/mol. The van der Waals surface area contributed by atoms with Crippen molar-refractivity contribution in [3.8, 4) is 0 Å². The number of aliphatic hydroxyl groups excluding tert-OH is 1. The molecule has 0 saturated carbocycles. The third kappa shape index (κ3) is 7.11. The van der Waals surface area contributed by atoms with Crippen LogP contribution in [0.1, 0.15) is 29.8 Å². The van der Waals surface area contributed by atoms with Gasteiger partial charge in [-0.15, -0.1) is 0 Å². The van der Waals surface area contributed by atoms with Gasteiger partial charge in [0.15, 0.2) is 0 Å². The number of hydrogen-bond donors (Lipinski definition) is 5. The van der Waals surface area contributed by atoms with E-state index in [0.717, 1.165) is 16.3 Å². The number of benzene rings is 3. The molecule has 3 rings (SSSR count). The summed E-state index contributed by atoms with van der Waals surface area (Å²) in [4.78, 5) is 38.7. The lowest BCUT2D eigenvalue weighted by atomic mass is 9.98. The molecular formula is C27H32N4O4. The quantitative estimate of drug-likeness (QED) is 0.302. The Labute approximate surface area is 204 Å². The van der Waals surface area contributed by atoms with Gasteiger partial charge in [-0.1, -0.05) is 60.7 Å². The van der Waals surface area contributed by atoms with Crippen LogP contribution < -0.4 is 21.7 Å². The van der Waals surface area contributed by atoms with Gasteiger partial charge in [0, 0.05) is 25.1 Å². The fraction of sp³-hybridized carbons (Fsp3) is 0.296. The first-order chi connectivity index (χ1) is 16.7. The Hall–Kier alpha value is -3.75. The van der Waals surface area contributed by atoms with E-state index >= 15 is 0 Å². The minimum absolute atomic E-state index is 0.000525. The Bertz CT molecular complexity index is 1180. The third-order valence-electron chi connectivity index (χ3n) is 5.69. The van der Waals surface area contributed by atoms with Gasteiger partial charge in [0.05, 0.1) is 6.10 Å². The molecule has 184 valence electrons. The van der Waals surface area contributed by atoms with Crippen molar-refractivity contribution in [2.45, 2.75) is 38.0 Å². The van der Waals surface area contributed by atoms with Crippen LogP contribution in [0.25, 0.3) is 10.8 Å². The van der Waals surface area contributed by atoms with Crippen molar-refractivity contribution >= 4 is 28.5 Å². The lowest BCUT2D eigenvalue weighted by Crippen LogP contribution is -2.59. The van der Waals surface area contributed by atoms with E-state index < -0.39 is 35.4 Å². The average Bonchev–Trinajstić information content (AvgIpc) is 2.86. The highest BCUT2D eigenvalue weighted by atomic mass is 16.3. The fourth-order valence-electron chi connectivity index (χ4n) is 3.58. The molecule has 3 amide bonds. The molecule has 8 nitrogen and oxygen atoms in total. The predicted octanol–water partition coefficient (Wildman–Crippen LogP) is 1.51. The zero-order valence-electron chi connectivity index (χ0n) is 20.0. The van der Waals surface area contributed by atoms with Crippen LogP contribution in [-0.4, -0.2) is 53.6 Å². The molecule has 35 heavy (non-hydrogen) atoms.